The van der Waals surface area contributed by atoms with E-state index >= 15 is 0 Å². The summed E-state index contributed by atoms with van der Waals surface area (Å²) in [5.74, 6) is 0.727. The predicted octanol–water partition coefficient (Wildman–Crippen LogP) is 2.35. The quantitative estimate of drug-likeness (QED) is 0.873. The molecule has 142 valence electrons. The Bertz CT molecular complexity index is 853. The Morgan fingerprint density at radius 3 is 2.26 bits per heavy atom. The number of methoxy groups -OCH3 is 1. The fourth-order valence-corrected chi connectivity index (χ4v) is 5.87. The maximum absolute atomic E-state index is 11.4. The van der Waals surface area contributed by atoms with Crippen molar-refractivity contribution < 1.29 is 14.9 Å². The Hall–Kier alpha value is -2.08. The molecule has 4 aliphatic rings. The summed E-state index contributed by atoms with van der Waals surface area (Å²) in [7, 11) is 1.58. The molecular formula is C22H26N2O3. The number of benzene rings is 2. The smallest absolute Gasteiger partial charge is 0.163 e. The molecule has 0 aliphatic carbocycles. The van der Waals surface area contributed by atoms with Gasteiger partial charge in [0.1, 0.15) is 0 Å². The molecule has 4 saturated heterocycles. The van der Waals surface area contributed by atoms with Crippen LogP contribution in [0.3, 0.4) is 0 Å². The number of hydrogen-bond donors (Lipinski definition) is 2. The summed E-state index contributed by atoms with van der Waals surface area (Å²) >= 11 is 0. The Balaban J connectivity index is 1.60. The molecule has 2 aromatic carbocycles. The lowest BCUT2D eigenvalue weighted by molar-refractivity contribution is -0.232. The lowest BCUT2D eigenvalue weighted by atomic mass is 9.57. The highest BCUT2D eigenvalue weighted by Gasteiger charge is 2.64. The van der Waals surface area contributed by atoms with E-state index in [9.17, 15) is 10.2 Å². The van der Waals surface area contributed by atoms with Crippen LogP contribution in [0.25, 0.3) is 0 Å². The Labute approximate surface area is 159 Å². The number of phenolic OH excluding ortho intramolecular Hbond substituents is 1. The van der Waals surface area contributed by atoms with Crippen LogP contribution in [-0.4, -0.2) is 59.4 Å². The van der Waals surface area contributed by atoms with Crippen molar-refractivity contribution >= 4 is 0 Å². The fourth-order valence-electron chi connectivity index (χ4n) is 5.87. The van der Waals surface area contributed by atoms with E-state index in [4.69, 9.17) is 4.74 Å². The van der Waals surface area contributed by atoms with Crippen molar-refractivity contribution in [1.82, 2.24) is 9.80 Å². The summed E-state index contributed by atoms with van der Waals surface area (Å²) in [6.07, 6.45) is -0.364. The number of piperidine rings is 2. The number of para-hydroxylation sites is 1. The molecular weight excluding hydrogens is 340 g/mol. The summed E-state index contributed by atoms with van der Waals surface area (Å²) in [6, 6.07) is 16.1. The third kappa shape index (κ3) is 2.22. The predicted molar refractivity (Wildman–Crippen MR) is 103 cm³/mol. The highest BCUT2D eigenvalue weighted by molar-refractivity contribution is 5.48. The third-order valence-electron chi connectivity index (χ3n) is 6.85. The SMILES string of the molecule is COc1cccc(C2N3CC4(C)CN2CC(c2ccccc2)(C3)C4O)c1O. The summed E-state index contributed by atoms with van der Waals surface area (Å²) in [4.78, 5) is 4.84. The zero-order valence-electron chi connectivity index (χ0n) is 15.8. The Kier molecular flexibility index (Phi) is 3.60. The van der Waals surface area contributed by atoms with E-state index < -0.39 is 0 Å². The van der Waals surface area contributed by atoms with Crippen LogP contribution in [0.15, 0.2) is 48.5 Å². The van der Waals surface area contributed by atoms with Crippen LogP contribution in [0.4, 0.5) is 0 Å². The number of rotatable bonds is 3. The highest BCUT2D eigenvalue weighted by Crippen LogP contribution is 2.56. The highest BCUT2D eigenvalue weighted by atomic mass is 16.5. The van der Waals surface area contributed by atoms with Crippen molar-refractivity contribution in [2.45, 2.75) is 24.6 Å². The van der Waals surface area contributed by atoms with Crippen molar-refractivity contribution in [2.75, 3.05) is 33.3 Å². The first kappa shape index (κ1) is 17.0. The van der Waals surface area contributed by atoms with E-state index in [2.05, 4.69) is 41.0 Å². The second kappa shape index (κ2) is 5.71. The van der Waals surface area contributed by atoms with Gasteiger partial charge in [-0.1, -0.05) is 49.4 Å². The van der Waals surface area contributed by atoms with E-state index in [0.29, 0.717) is 5.75 Å². The minimum atomic E-state index is -0.375. The van der Waals surface area contributed by atoms with Gasteiger partial charge in [-0.15, -0.1) is 0 Å². The lowest BCUT2D eigenvalue weighted by Gasteiger charge is -2.69. The van der Waals surface area contributed by atoms with Crippen LogP contribution in [-0.2, 0) is 5.41 Å². The first-order valence-corrected chi connectivity index (χ1v) is 9.56. The summed E-state index contributed by atoms with van der Waals surface area (Å²) in [6.45, 7) is 5.40. The Morgan fingerprint density at radius 1 is 0.963 bits per heavy atom. The third-order valence-corrected chi connectivity index (χ3v) is 6.85. The molecule has 4 aliphatic heterocycles. The first-order chi connectivity index (χ1) is 13.0. The number of aliphatic hydroxyl groups is 1. The van der Waals surface area contributed by atoms with Crippen molar-refractivity contribution in [3.05, 3.63) is 59.7 Å². The van der Waals surface area contributed by atoms with Gasteiger partial charge in [0.2, 0.25) is 0 Å². The molecule has 4 bridgehead atoms. The van der Waals surface area contributed by atoms with Crippen LogP contribution < -0.4 is 4.74 Å². The molecule has 5 nitrogen and oxygen atoms in total. The average molecular weight is 366 g/mol. The monoisotopic (exact) mass is 366 g/mol. The second-order valence-corrected chi connectivity index (χ2v) is 8.66. The van der Waals surface area contributed by atoms with Crippen molar-refractivity contribution in [3.8, 4) is 11.5 Å². The van der Waals surface area contributed by atoms with Crippen molar-refractivity contribution in [2.24, 2.45) is 5.41 Å². The molecule has 27 heavy (non-hydrogen) atoms. The fraction of sp³-hybridized carbons (Fsp3) is 0.455. The van der Waals surface area contributed by atoms with Gasteiger partial charge < -0.3 is 14.9 Å². The number of phenols is 1. The van der Waals surface area contributed by atoms with Gasteiger partial charge in [0, 0.05) is 42.6 Å². The minimum absolute atomic E-state index is 0.0116. The van der Waals surface area contributed by atoms with E-state index in [-0.39, 0.29) is 28.8 Å². The molecule has 4 fully saturated rings. The molecule has 2 N–H and O–H groups in total. The van der Waals surface area contributed by atoms with E-state index in [1.54, 1.807) is 13.2 Å². The number of nitrogens with zero attached hydrogens (tertiary/aromatic N) is 2. The van der Waals surface area contributed by atoms with Gasteiger partial charge in [0.15, 0.2) is 11.5 Å². The molecule has 3 unspecified atom stereocenters. The topological polar surface area (TPSA) is 56.2 Å². The van der Waals surface area contributed by atoms with Crippen LogP contribution in [0, 0.1) is 5.41 Å². The van der Waals surface area contributed by atoms with Crippen LogP contribution >= 0.6 is 0 Å². The molecule has 6 rings (SSSR count). The second-order valence-electron chi connectivity index (χ2n) is 8.66. The number of hydrogen-bond acceptors (Lipinski definition) is 5. The molecule has 5 heteroatoms. The van der Waals surface area contributed by atoms with Gasteiger partial charge in [0.25, 0.3) is 0 Å². The number of ether oxygens (including phenoxy) is 1. The Morgan fingerprint density at radius 2 is 1.63 bits per heavy atom. The molecule has 0 saturated carbocycles. The maximum Gasteiger partial charge on any atom is 0.163 e. The van der Waals surface area contributed by atoms with E-state index in [0.717, 1.165) is 31.7 Å². The number of aromatic hydroxyl groups is 1. The van der Waals surface area contributed by atoms with Crippen molar-refractivity contribution in [1.29, 1.82) is 0 Å². The van der Waals surface area contributed by atoms with Gasteiger partial charge >= 0.3 is 0 Å². The summed E-state index contributed by atoms with van der Waals surface area (Å²) in [5, 5.41) is 22.1. The summed E-state index contributed by atoms with van der Waals surface area (Å²) < 4.78 is 5.33. The summed E-state index contributed by atoms with van der Waals surface area (Å²) in [5.41, 5.74) is 1.61. The van der Waals surface area contributed by atoms with Crippen LogP contribution in [0.2, 0.25) is 0 Å². The first-order valence-electron chi connectivity index (χ1n) is 9.56. The van der Waals surface area contributed by atoms with Gasteiger partial charge in [0.05, 0.1) is 19.4 Å². The van der Waals surface area contributed by atoms with E-state index in [1.165, 1.54) is 5.56 Å². The molecule has 0 amide bonds. The van der Waals surface area contributed by atoms with Crippen LogP contribution in [0.5, 0.6) is 11.5 Å². The largest absolute Gasteiger partial charge is 0.504 e. The van der Waals surface area contributed by atoms with Gasteiger partial charge in [-0.25, -0.2) is 0 Å². The molecule has 0 spiro atoms. The van der Waals surface area contributed by atoms with Gasteiger partial charge in [-0.2, -0.15) is 0 Å². The van der Waals surface area contributed by atoms with E-state index in [1.807, 2.05) is 18.2 Å². The van der Waals surface area contributed by atoms with Crippen LogP contribution in [0.1, 0.15) is 24.2 Å². The van der Waals surface area contributed by atoms with Gasteiger partial charge in [-0.05, 0) is 11.6 Å². The number of aliphatic hydroxyl groups excluding tert-OH is 1. The molecule has 2 aromatic rings. The zero-order valence-corrected chi connectivity index (χ0v) is 15.8. The normalized spacial score (nSPS) is 39.5. The zero-order chi connectivity index (χ0) is 18.8. The minimum Gasteiger partial charge on any atom is -0.504 e. The maximum atomic E-state index is 11.4. The molecule has 3 atom stereocenters. The standard InChI is InChI=1S/C22H26N2O3/c1-21-11-23-13-22(20(21)26,15-7-4-3-5-8-15)14-24(12-21)19(23)16-9-6-10-17(27-2)18(16)25/h3-10,19-20,25-26H,11-14H2,1-2H3. The molecule has 0 aromatic heterocycles. The average Bonchev–Trinajstić information content (AvgIpc) is 2.66. The lowest BCUT2D eigenvalue weighted by Crippen LogP contribution is -2.79. The van der Waals surface area contributed by atoms with Gasteiger partial charge in [-0.3, -0.25) is 9.80 Å². The molecule has 0 radical (unpaired) electrons. The van der Waals surface area contributed by atoms with Crippen molar-refractivity contribution in [3.63, 3.8) is 0 Å². The molecule has 4 heterocycles.